The van der Waals surface area contributed by atoms with Crippen molar-refractivity contribution in [2.45, 2.75) is 0 Å². The average molecular weight is 255 g/mol. The molecule has 0 aliphatic rings. The van der Waals surface area contributed by atoms with Gasteiger partial charge in [0, 0.05) is 37.0 Å². The molecule has 0 spiro atoms. The first-order chi connectivity index (χ1) is 2.64. The van der Waals surface area contributed by atoms with Crippen LogP contribution >= 0.6 is 21.2 Å². The highest BCUT2D eigenvalue weighted by Gasteiger charge is 1.77. The minimum absolute atomic E-state index is 0.897. The molecule has 0 heterocycles. The van der Waals surface area contributed by atoms with E-state index in [1.54, 1.807) is 21.2 Å². The fourth-order valence-electron chi connectivity index (χ4n) is 0. The van der Waals surface area contributed by atoms with Crippen LogP contribution in [-0.4, -0.2) is 8.76 Å². The van der Waals surface area contributed by atoms with Crippen LogP contribution in [0.4, 0.5) is 0 Å². The molecule has 0 aromatic heterocycles. The summed E-state index contributed by atoms with van der Waals surface area (Å²) >= 11 is 5.97. The monoisotopic (exact) mass is 255 g/mol. The maximum Gasteiger partial charge on any atom is 0.0209 e. The van der Waals surface area contributed by atoms with E-state index in [1.807, 2.05) is 0 Å². The average Bonchev–Trinajstić information content (AvgIpc) is 1.36. The van der Waals surface area contributed by atoms with Crippen molar-refractivity contribution in [2.24, 2.45) is 0 Å². The Kier molecular flexibility index (Phi) is 4.22. The Hall–Kier alpha value is 1.41. The van der Waals surface area contributed by atoms with Crippen molar-refractivity contribution < 1.29 is 8.76 Å². The summed E-state index contributed by atoms with van der Waals surface area (Å²) in [4.78, 5) is 0. The summed E-state index contributed by atoms with van der Waals surface area (Å²) in [5.74, 6) is 0. The molecule has 0 aliphatic carbocycles. The molecular weight excluding hydrogens is 255 g/mol. The zero-order chi connectivity index (χ0) is 5.15. The van der Waals surface area contributed by atoms with Crippen molar-refractivity contribution in [1.29, 1.82) is 0 Å². The zero-order valence-electron chi connectivity index (χ0n) is 2.42. The van der Waals surface area contributed by atoms with E-state index in [-0.39, 0.29) is 0 Å². The molecule has 0 radical (unpaired) electrons. The summed E-state index contributed by atoms with van der Waals surface area (Å²) in [5.41, 5.74) is -0.897. The lowest BCUT2D eigenvalue weighted by molar-refractivity contribution is 0.553. The molecule has 0 amide bonds. The van der Waals surface area contributed by atoms with Crippen molar-refractivity contribution in [3.8, 4) is 0 Å². The lowest BCUT2D eigenvalue weighted by atomic mass is 15.9. The van der Waals surface area contributed by atoms with Gasteiger partial charge < -0.3 is 4.55 Å². The van der Waals surface area contributed by atoms with Crippen LogP contribution in [0.2, 0.25) is 0 Å². The molecule has 0 aromatic rings. The van der Waals surface area contributed by atoms with Crippen LogP contribution in [0.15, 0.2) is 0 Å². The van der Waals surface area contributed by atoms with Crippen molar-refractivity contribution in [1.82, 2.24) is 0 Å². The maximum absolute atomic E-state index is 9.60. The quantitative estimate of drug-likeness (QED) is 0.291. The fourth-order valence-corrected chi connectivity index (χ4v) is 0. The molecule has 2 unspecified atom stereocenters. The van der Waals surface area contributed by atoms with E-state index in [2.05, 4.69) is 11.2 Å². The molecule has 0 saturated carbocycles. The predicted molar refractivity (Wildman–Crippen MR) is 37.7 cm³/mol. The van der Waals surface area contributed by atoms with Gasteiger partial charge in [-0.2, -0.15) is 0 Å². The standard InChI is InChI=1S/HIO2S3/c1-5(4)6(2)3/h(H,2,3)/p-1. The van der Waals surface area contributed by atoms with Crippen molar-refractivity contribution >= 4 is 48.2 Å². The highest BCUT2D eigenvalue weighted by Crippen LogP contribution is 1.96. The summed E-state index contributed by atoms with van der Waals surface area (Å²) in [6.07, 6.45) is 0. The van der Waals surface area contributed by atoms with Crippen LogP contribution in [0, 0.1) is 0 Å². The lowest BCUT2D eigenvalue weighted by Crippen LogP contribution is -1.84. The smallest absolute Gasteiger partial charge is 0.0209 e. The van der Waals surface area contributed by atoms with E-state index < -0.39 is 15.8 Å². The summed E-state index contributed by atoms with van der Waals surface area (Å²) in [5, 5.41) is 0. The van der Waals surface area contributed by atoms with E-state index in [9.17, 15) is 8.76 Å². The van der Waals surface area contributed by atoms with E-state index >= 15 is 0 Å². The van der Waals surface area contributed by atoms with Gasteiger partial charge in [0.05, 0.1) is 0 Å². The molecule has 0 fully saturated rings. The van der Waals surface area contributed by atoms with E-state index in [0.29, 0.717) is 0 Å². The Morgan fingerprint density at radius 3 is 2.00 bits per heavy atom. The molecule has 0 aromatic carbocycles. The van der Waals surface area contributed by atoms with Gasteiger partial charge in [-0.3, -0.25) is 4.21 Å². The Morgan fingerprint density at radius 1 is 1.83 bits per heavy atom. The van der Waals surface area contributed by atoms with Crippen LogP contribution in [0.3, 0.4) is 0 Å². The van der Waals surface area contributed by atoms with E-state index in [0.717, 1.165) is 0 Å². The van der Waals surface area contributed by atoms with Crippen molar-refractivity contribution in [2.75, 3.05) is 0 Å². The highest BCUT2D eigenvalue weighted by atomic mass is 127. The van der Waals surface area contributed by atoms with E-state index in [4.69, 9.17) is 0 Å². The molecule has 0 saturated heterocycles. The normalized spacial score (nSPS) is 19.7. The van der Waals surface area contributed by atoms with Crippen LogP contribution < -0.4 is 0 Å². The Labute approximate surface area is 56.6 Å². The minimum Gasteiger partial charge on any atom is -0.763 e. The maximum atomic E-state index is 9.60. The molecule has 6 heteroatoms. The summed E-state index contributed by atoms with van der Waals surface area (Å²) in [7, 11) is -2.04. The van der Waals surface area contributed by atoms with Gasteiger partial charge in [-0.05, 0) is 11.2 Å². The second-order valence-corrected chi connectivity index (χ2v) is 10.9. The number of halogens is 1. The van der Waals surface area contributed by atoms with Gasteiger partial charge in [-0.1, -0.05) is 0 Å². The fraction of sp³-hybridized carbons (Fsp3) is 0. The Bertz CT molecular complexity index is 74.8. The van der Waals surface area contributed by atoms with Crippen molar-refractivity contribution in [3.05, 3.63) is 0 Å². The van der Waals surface area contributed by atoms with Gasteiger partial charge in [0.25, 0.3) is 0 Å². The van der Waals surface area contributed by atoms with Gasteiger partial charge in [-0.15, -0.1) is 0 Å². The first-order valence-corrected chi connectivity index (χ1v) is 7.11. The van der Waals surface area contributed by atoms with Gasteiger partial charge >= 0.3 is 0 Å². The molecule has 0 bridgehead atoms. The molecular formula is IO2S3-. The van der Waals surface area contributed by atoms with Crippen LogP contribution in [0.5, 0.6) is 0 Å². The first-order valence-electron chi connectivity index (χ1n) is 0.821. The van der Waals surface area contributed by atoms with E-state index in [1.165, 1.54) is 0 Å². The molecule has 2 atom stereocenters. The highest BCUT2D eigenvalue weighted by molar-refractivity contribution is 14.2. The van der Waals surface area contributed by atoms with Gasteiger partial charge in [0.2, 0.25) is 0 Å². The largest absolute Gasteiger partial charge is 0.763 e. The molecule has 38 valence electrons. The number of rotatable bonds is 1. The van der Waals surface area contributed by atoms with Crippen LogP contribution in [-0.2, 0) is 27.0 Å². The third-order valence-corrected chi connectivity index (χ3v) is 4.61. The summed E-state index contributed by atoms with van der Waals surface area (Å²) in [6.45, 7) is 0. The SMILES string of the molecule is O=S([O-])S(=S)I. The topological polar surface area (TPSA) is 40.1 Å². The third-order valence-electron chi connectivity index (χ3n) is 0.107. The lowest BCUT2D eigenvalue weighted by Gasteiger charge is -1.95. The minimum atomic E-state index is -2.04. The molecule has 6 heavy (non-hydrogen) atoms. The third kappa shape index (κ3) is 3.59. The number of hydrogen-bond donors (Lipinski definition) is 0. The summed E-state index contributed by atoms with van der Waals surface area (Å²) in [6, 6.07) is 0. The predicted octanol–water partition coefficient (Wildman–Crippen LogP) is 0.211. The Morgan fingerprint density at radius 2 is 2.00 bits per heavy atom. The second kappa shape index (κ2) is 3.42. The molecule has 0 rings (SSSR count). The molecule has 0 aliphatic heterocycles. The second-order valence-electron chi connectivity index (χ2n) is 0.398. The molecule has 0 N–H and O–H groups in total. The molecule has 2 nitrogen and oxygen atoms in total. The Balaban J connectivity index is 3.57. The number of hydrogen-bond acceptors (Lipinski definition) is 3. The van der Waals surface area contributed by atoms with Crippen LogP contribution in [0.1, 0.15) is 0 Å². The summed E-state index contributed by atoms with van der Waals surface area (Å²) < 4.78 is 19.2. The van der Waals surface area contributed by atoms with Gasteiger partial charge in [-0.25, -0.2) is 0 Å². The van der Waals surface area contributed by atoms with Crippen molar-refractivity contribution in [3.63, 3.8) is 0 Å². The van der Waals surface area contributed by atoms with Gasteiger partial charge in [0.15, 0.2) is 0 Å². The zero-order valence-corrected chi connectivity index (χ0v) is 7.03. The van der Waals surface area contributed by atoms with Gasteiger partial charge in [0.1, 0.15) is 0 Å². The van der Waals surface area contributed by atoms with Crippen LogP contribution in [0.25, 0.3) is 0 Å². The first kappa shape index (κ1) is 7.41.